The zero-order valence-corrected chi connectivity index (χ0v) is 84.3. The highest BCUT2D eigenvalue weighted by molar-refractivity contribution is 4.88. The minimum absolute atomic E-state index is 0. The predicted molar refractivity (Wildman–Crippen MR) is 503 cm³/mol. The molecule has 0 aromatic heterocycles. The largest absolute Gasteiger partial charge is 0.412 e. The molecule has 0 aromatic carbocycles. The highest BCUT2D eigenvalue weighted by Crippen LogP contribution is 2.44. The Balaban J connectivity index is -0.000000132. The molecule has 15 nitrogen and oxygen atoms in total. The summed E-state index contributed by atoms with van der Waals surface area (Å²) >= 11 is 0. The Morgan fingerprint density at radius 1 is 0.104 bits per heavy atom. The second-order valence-electron chi connectivity index (χ2n) is 41.5. The van der Waals surface area contributed by atoms with E-state index in [1.54, 1.807) is 14.2 Å². The van der Waals surface area contributed by atoms with Crippen molar-refractivity contribution in [3.05, 3.63) is 0 Å². The van der Waals surface area contributed by atoms with Gasteiger partial charge in [-0.2, -0.15) is 0 Å². The fraction of sp³-hybridized carbons (Fsp3) is 1.00. The van der Waals surface area contributed by atoms with E-state index in [2.05, 4.69) is 242 Å². The molecule has 15 heteroatoms. The average molecular weight is 1660 g/mol. The van der Waals surface area contributed by atoms with Crippen molar-refractivity contribution in [3.8, 4) is 0 Å². The van der Waals surface area contributed by atoms with Gasteiger partial charge in [0.1, 0.15) is 0 Å². The van der Waals surface area contributed by atoms with Crippen LogP contribution in [0.4, 0.5) is 0 Å². The standard InChI is InChI=1S/C10H20O2.3C10H20O.6C10H20.10H2O/c1-7-8(2)10(12-4)6-5-9(7)11-3;3*1-7-5-6-10(11-4)9(3)8(7)2;6*1-7-5-6-8(2)10(4)9(7)3;;;;;;;;;;/h7-10H,5-6H2,1-4H3;3*7-10H,5-6H2,1-4H3;6*7-10H,5-6H2,1-4H3;10*1H2. The maximum atomic E-state index is 5.42. The van der Waals surface area contributed by atoms with Crippen LogP contribution in [0.2, 0.25) is 0 Å². The molecule has 40 atom stereocenters. The first-order chi connectivity index (χ1) is 48.9. The molecule has 0 amide bonds. The lowest BCUT2D eigenvalue weighted by Gasteiger charge is -2.38. The van der Waals surface area contributed by atoms with Gasteiger partial charge in [-0.3, -0.25) is 0 Å². The van der Waals surface area contributed by atoms with E-state index < -0.39 is 0 Å². The van der Waals surface area contributed by atoms with Crippen LogP contribution in [-0.4, -0.2) is 121 Å². The number of rotatable bonds is 5. The van der Waals surface area contributed by atoms with E-state index in [9.17, 15) is 0 Å². The van der Waals surface area contributed by atoms with E-state index in [1.807, 2.05) is 21.3 Å². The number of hydrogen-bond donors (Lipinski definition) is 0. The summed E-state index contributed by atoms with van der Waals surface area (Å²) in [7, 11) is 9.12. The topological polar surface area (TPSA) is 361 Å². The molecule has 10 aliphatic carbocycles. The van der Waals surface area contributed by atoms with Crippen molar-refractivity contribution in [2.24, 2.45) is 207 Å². The third-order valence-corrected chi connectivity index (χ3v) is 36.1. The van der Waals surface area contributed by atoms with Crippen LogP contribution in [0.1, 0.15) is 371 Å². The zero-order chi connectivity index (χ0) is 80.8. The second-order valence-corrected chi connectivity index (χ2v) is 41.5. The zero-order valence-electron chi connectivity index (χ0n) is 84.3. The summed E-state index contributed by atoms with van der Waals surface area (Å²) in [6.45, 7) is 83.2. The molecule has 0 saturated heterocycles. The van der Waals surface area contributed by atoms with Crippen molar-refractivity contribution in [1.29, 1.82) is 0 Å². The van der Waals surface area contributed by atoms with Gasteiger partial charge in [-0.15, -0.1) is 0 Å². The molecular formula is C100H220O15. The van der Waals surface area contributed by atoms with Crippen LogP contribution in [0.3, 0.4) is 0 Å². The molecule has 10 fully saturated rings. The van der Waals surface area contributed by atoms with Gasteiger partial charge in [0, 0.05) is 35.5 Å². The molecule has 0 spiro atoms. The summed E-state index contributed by atoms with van der Waals surface area (Å²) in [6.07, 6.45) is 29.9. The normalized spacial score (nSPS) is 43.3. The summed E-state index contributed by atoms with van der Waals surface area (Å²) in [6, 6.07) is 0. The minimum Gasteiger partial charge on any atom is -0.412 e. The first-order valence-electron chi connectivity index (χ1n) is 46.6. The molecule has 710 valence electrons. The molecule has 40 unspecified atom stereocenters. The summed E-state index contributed by atoms with van der Waals surface area (Å²) in [5, 5.41) is 0. The SMILES string of the molecule is CC1CCC(C)C(C)C1C.CC1CCC(C)C(C)C1C.CC1CCC(C)C(C)C1C.CC1CCC(C)C(C)C1C.CC1CCC(C)C(C)C1C.CC1CCC(C)C(C)C1C.COC1CCC(C)C(C)C1C.COC1CCC(C)C(C)C1C.COC1CCC(C)C(C)C1C.COC1CCC(OC)C(C)C1C.O.O.O.O.O.O.O.O.O.O. The second kappa shape index (κ2) is 68.7. The van der Waals surface area contributed by atoms with E-state index in [1.165, 1.54) is 116 Å². The van der Waals surface area contributed by atoms with Gasteiger partial charge < -0.3 is 78.4 Å². The number of methoxy groups -OCH3 is 5. The lowest BCUT2D eigenvalue weighted by Crippen LogP contribution is -2.39. The Bertz CT molecular complexity index is 1750. The lowest BCUT2D eigenvalue weighted by molar-refractivity contribution is -0.0643. The van der Waals surface area contributed by atoms with Crippen molar-refractivity contribution in [2.45, 2.75) is 401 Å². The maximum Gasteiger partial charge on any atom is 0.0601 e. The molecule has 10 aliphatic rings. The van der Waals surface area contributed by atoms with Crippen molar-refractivity contribution in [2.75, 3.05) is 35.5 Å². The molecule has 0 aromatic rings. The van der Waals surface area contributed by atoms with Crippen molar-refractivity contribution >= 4 is 0 Å². The van der Waals surface area contributed by atoms with E-state index in [4.69, 9.17) is 23.7 Å². The Kier molecular flexibility index (Phi) is 80.6. The molecule has 10 rings (SSSR count). The van der Waals surface area contributed by atoms with Gasteiger partial charge in [0.05, 0.1) is 30.5 Å². The molecule has 0 heterocycles. The molecule has 0 radical (unpaired) electrons. The van der Waals surface area contributed by atoms with Crippen LogP contribution in [0.15, 0.2) is 0 Å². The van der Waals surface area contributed by atoms with Crippen LogP contribution in [0, 0.1) is 207 Å². The fourth-order valence-corrected chi connectivity index (χ4v) is 21.2. The highest BCUT2D eigenvalue weighted by atomic mass is 16.5. The van der Waals surface area contributed by atoms with Gasteiger partial charge in [-0.05, 0) is 258 Å². The van der Waals surface area contributed by atoms with Crippen molar-refractivity contribution < 1.29 is 78.4 Å². The van der Waals surface area contributed by atoms with Crippen LogP contribution < -0.4 is 0 Å². The number of ether oxygens (including phenoxy) is 5. The van der Waals surface area contributed by atoms with Crippen LogP contribution >= 0.6 is 0 Å². The predicted octanol–water partition coefficient (Wildman–Crippen LogP) is 21.9. The summed E-state index contributed by atoms with van der Waals surface area (Å²) in [5.41, 5.74) is 0. The molecule has 0 aliphatic heterocycles. The van der Waals surface area contributed by atoms with Gasteiger partial charge in [0.2, 0.25) is 0 Å². The van der Waals surface area contributed by atoms with E-state index in [0.29, 0.717) is 42.4 Å². The third-order valence-electron chi connectivity index (χ3n) is 36.1. The van der Waals surface area contributed by atoms with E-state index in [0.717, 1.165) is 208 Å². The lowest BCUT2D eigenvalue weighted by atomic mass is 9.69. The molecule has 0 bridgehead atoms. The average Bonchev–Trinajstić information content (AvgIpc) is 0.840. The molecule has 115 heavy (non-hydrogen) atoms. The maximum absolute atomic E-state index is 5.42. The van der Waals surface area contributed by atoms with Crippen LogP contribution in [0.5, 0.6) is 0 Å². The monoisotopic (exact) mass is 1660 g/mol. The van der Waals surface area contributed by atoms with Gasteiger partial charge in [0.15, 0.2) is 0 Å². The smallest absolute Gasteiger partial charge is 0.0601 e. The quantitative estimate of drug-likeness (QED) is 0.258. The Morgan fingerprint density at radius 3 is 0.252 bits per heavy atom. The Hall–Kier alpha value is -0.600. The fourth-order valence-electron chi connectivity index (χ4n) is 21.2. The van der Waals surface area contributed by atoms with Gasteiger partial charge >= 0.3 is 0 Å². The van der Waals surface area contributed by atoms with Crippen LogP contribution in [-0.2, 0) is 23.7 Å². The summed E-state index contributed by atoms with van der Waals surface area (Å²) in [5.74, 6) is 31.5. The molecule has 10 saturated carbocycles. The summed E-state index contributed by atoms with van der Waals surface area (Å²) < 4.78 is 27.1. The highest BCUT2D eigenvalue weighted by Gasteiger charge is 2.38. The van der Waals surface area contributed by atoms with Crippen molar-refractivity contribution in [3.63, 3.8) is 0 Å². The minimum atomic E-state index is 0. The van der Waals surface area contributed by atoms with Gasteiger partial charge in [-0.25, -0.2) is 0 Å². The van der Waals surface area contributed by atoms with Gasteiger partial charge in [0.25, 0.3) is 0 Å². The number of hydrogen-bond acceptors (Lipinski definition) is 5. The first kappa shape index (κ1) is 135. The third kappa shape index (κ3) is 43.7. The molecule has 20 N–H and O–H groups in total. The van der Waals surface area contributed by atoms with E-state index in [-0.39, 0.29) is 54.8 Å². The first-order valence-corrected chi connectivity index (χ1v) is 46.6. The summed E-state index contributed by atoms with van der Waals surface area (Å²) in [4.78, 5) is 0. The Morgan fingerprint density at radius 2 is 0.165 bits per heavy atom. The van der Waals surface area contributed by atoms with Crippen LogP contribution in [0.25, 0.3) is 0 Å². The van der Waals surface area contributed by atoms with Crippen molar-refractivity contribution in [1.82, 2.24) is 0 Å². The van der Waals surface area contributed by atoms with E-state index >= 15 is 0 Å². The van der Waals surface area contributed by atoms with Gasteiger partial charge in [-0.1, -0.05) is 319 Å². The molecular weight excluding hydrogens is 1440 g/mol. The Labute approximate surface area is 718 Å².